The number of nitrogens with zero attached hydrogens (tertiary/aromatic N) is 2. The number of hydrogen-bond acceptors (Lipinski definition) is 4. The van der Waals surface area contributed by atoms with E-state index in [9.17, 15) is 0 Å². The van der Waals surface area contributed by atoms with Crippen LogP contribution in [0.2, 0.25) is 0 Å². The van der Waals surface area contributed by atoms with Crippen molar-refractivity contribution in [1.82, 2.24) is 9.97 Å². The van der Waals surface area contributed by atoms with Crippen LogP contribution in [0.15, 0.2) is 0 Å². The Kier molecular flexibility index (Phi) is 3.46. The smallest absolute Gasteiger partial charge is 0.134 e. The molecule has 0 bridgehead atoms. The van der Waals surface area contributed by atoms with Gasteiger partial charge in [0.25, 0.3) is 0 Å². The second kappa shape index (κ2) is 5.08. The minimum Gasteiger partial charge on any atom is -0.370 e. The molecule has 0 aromatic carbocycles. The summed E-state index contributed by atoms with van der Waals surface area (Å²) in [4.78, 5) is 9.66. The van der Waals surface area contributed by atoms with Crippen molar-refractivity contribution in [3.63, 3.8) is 0 Å². The first-order chi connectivity index (χ1) is 8.78. The van der Waals surface area contributed by atoms with E-state index in [1.807, 2.05) is 11.8 Å². The van der Waals surface area contributed by atoms with Crippen LogP contribution in [0.3, 0.4) is 0 Å². The highest BCUT2D eigenvalue weighted by atomic mass is 32.2. The van der Waals surface area contributed by atoms with Crippen LogP contribution >= 0.6 is 11.8 Å². The second-order valence-corrected chi connectivity index (χ2v) is 6.48. The van der Waals surface area contributed by atoms with E-state index in [2.05, 4.69) is 19.2 Å². The Morgan fingerprint density at radius 1 is 1.28 bits per heavy atom. The van der Waals surface area contributed by atoms with Crippen molar-refractivity contribution in [3.05, 3.63) is 17.1 Å². The molecule has 1 saturated carbocycles. The summed E-state index contributed by atoms with van der Waals surface area (Å²) >= 11 is 1.95. The topological polar surface area (TPSA) is 37.8 Å². The van der Waals surface area contributed by atoms with Gasteiger partial charge in [-0.1, -0.05) is 6.92 Å². The van der Waals surface area contributed by atoms with Gasteiger partial charge < -0.3 is 5.32 Å². The lowest BCUT2D eigenvalue weighted by atomic mass is 10.0. The molecule has 0 radical (unpaired) electrons. The van der Waals surface area contributed by atoms with Gasteiger partial charge in [-0.3, -0.25) is 0 Å². The summed E-state index contributed by atoms with van der Waals surface area (Å²) in [6.07, 6.45) is 3.85. The van der Waals surface area contributed by atoms with Crippen LogP contribution in [0.4, 0.5) is 5.82 Å². The van der Waals surface area contributed by atoms with Crippen molar-refractivity contribution in [1.29, 1.82) is 0 Å². The quantitative estimate of drug-likeness (QED) is 0.905. The van der Waals surface area contributed by atoms with Crippen molar-refractivity contribution < 1.29 is 0 Å². The normalized spacial score (nSPS) is 26.3. The van der Waals surface area contributed by atoms with Gasteiger partial charge in [-0.15, -0.1) is 0 Å². The first kappa shape index (κ1) is 12.3. The van der Waals surface area contributed by atoms with E-state index in [0.717, 1.165) is 35.6 Å². The molecule has 3 nitrogen and oxygen atoms in total. The number of aromatic nitrogens is 2. The molecule has 0 saturated heterocycles. The summed E-state index contributed by atoms with van der Waals surface area (Å²) in [7, 11) is 0. The van der Waals surface area contributed by atoms with E-state index in [1.165, 1.54) is 30.5 Å². The Bertz CT molecular complexity index is 447. The average molecular weight is 263 g/mol. The SMILES string of the molecule is CCNc1nc(C2CCC(C)C2)nc2c1CSC2. The third-order valence-corrected chi connectivity index (χ3v) is 4.97. The molecule has 2 aliphatic rings. The van der Waals surface area contributed by atoms with E-state index in [4.69, 9.17) is 9.97 Å². The standard InChI is InChI=1S/C14H21N3S/c1-3-15-14-11-7-18-8-12(11)16-13(17-14)10-5-4-9(2)6-10/h9-10H,3-8H2,1-2H3,(H,15,16,17). The number of thioether (sulfide) groups is 1. The van der Waals surface area contributed by atoms with Gasteiger partial charge in [0.2, 0.25) is 0 Å². The van der Waals surface area contributed by atoms with E-state index in [0.29, 0.717) is 5.92 Å². The molecule has 4 heteroatoms. The largest absolute Gasteiger partial charge is 0.370 e. The maximum Gasteiger partial charge on any atom is 0.134 e. The Hall–Kier alpha value is -0.770. The van der Waals surface area contributed by atoms with Crippen LogP contribution in [0.5, 0.6) is 0 Å². The van der Waals surface area contributed by atoms with Crippen molar-refractivity contribution >= 4 is 17.6 Å². The highest BCUT2D eigenvalue weighted by Gasteiger charge is 2.28. The van der Waals surface area contributed by atoms with Gasteiger partial charge in [-0.25, -0.2) is 9.97 Å². The van der Waals surface area contributed by atoms with Crippen molar-refractivity contribution in [3.8, 4) is 0 Å². The molecule has 2 heterocycles. The maximum atomic E-state index is 4.84. The molecule has 1 aliphatic heterocycles. The fourth-order valence-electron chi connectivity index (χ4n) is 3.01. The zero-order valence-electron chi connectivity index (χ0n) is 11.2. The number of rotatable bonds is 3. The van der Waals surface area contributed by atoms with Crippen LogP contribution < -0.4 is 5.32 Å². The number of fused-ring (bicyclic) bond motifs is 1. The van der Waals surface area contributed by atoms with Crippen LogP contribution in [-0.4, -0.2) is 16.5 Å². The molecule has 1 aromatic heterocycles. The van der Waals surface area contributed by atoms with Crippen molar-refractivity contribution in [2.45, 2.75) is 50.5 Å². The highest BCUT2D eigenvalue weighted by molar-refractivity contribution is 7.98. The first-order valence-electron chi connectivity index (χ1n) is 6.99. The van der Waals surface area contributed by atoms with E-state index in [1.54, 1.807) is 0 Å². The Morgan fingerprint density at radius 3 is 2.89 bits per heavy atom. The van der Waals surface area contributed by atoms with Gasteiger partial charge in [0, 0.05) is 29.5 Å². The minimum atomic E-state index is 0.591. The van der Waals surface area contributed by atoms with Gasteiger partial charge in [0.05, 0.1) is 5.69 Å². The third-order valence-electron chi connectivity index (χ3n) is 4.00. The molecular formula is C14H21N3S. The van der Waals surface area contributed by atoms with Crippen LogP contribution in [0.25, 0.3) is 0 Å². The highest BCUT2D eigenvalue weighted by Crippen LogP contribution is 2.39. The molecule has 0 amide bonds. The molecule has 0 spiro atoms. The maximum absolute atomic E-state index is 4.84. The summed E-state index contributed by atoms with van der Waals surface area (Å²) < 4.78 is 0. The van der Waals surface area contributed by atoms with Crippen LogP contribution in [0, 0.1) is 5.92 Å². The number of anilines is 1. The van der Waals surface area contributed by atoms with Gasteiger partial charge in [0.1, 0.15) is 11.6 Å². The van der Waals surface area contributed by atoms with Crippen molar-refractivity contribution in [2.24, 2.45) is 5.92 Å². The summed E-state index contributed by atoms with van der Waals surface area (Å²) in [6, 6.07) is 0. The third kappa shape index (κ3) is 2.22. The predicted octanol–water partition coefficient (Wildman–Crippen LogP) is 3.56. The van der Waals surface area contributed by atoms with E-state index >= 15 is 0 Å². The summed E-state index contributed by atoms with van der Waals surface area (Å²) in [5.41, 5.74) is 2.62. The molecule has 1 fully saturated rings. The van der Waals surface area contributed by atoms with Crippen LogP contribution in [-0.2, 0) is 11.5 Å². The van der Waals surface area contributed by atoms with E-state index < -0.39 is 0 Å². The lowest BCUT2D eigenvalue weighted by molar-refractivity contribution is 0.584. The molecule has 98 valence electrons. The second-order valence-electron chi connectivity index (χ2n) is 5.49. The summed E-state index contributed by atoms with van der Waals surface area (Å²) in [5, 5.41) is 3.42. The molecule has 1 aliphatic carbocycles. The Labute approximate surface area is 113 Å². The Morgan fingerprint density at radius 2 is 2.17 bits per heavy atom. The average Bonchev–Trinajstić information content (AvgIpc) is 2.97. The predicted molar refractivity (Wildman–Crippen MR) is 77.0 cm³/mol. The van der Waals surface area contributed by atoms with Gasteiger partial charge >= 0.3 is 0 Å². The monoisotopic (exact) mass is 263 g/mol. The number of nitrogens with one attached hydrogen (secondary N) is 1. The Balaban J connectivity index is 1.93. The zero-order valence-corrected chi connectivity index (χ0v) is 12.0. The zero-order chi connectivity index (χ0) is 12.5. The van der Waals surface area contributed by atoms with Crippen LogP contribution in [0.1, 0.15) is 56.1 Å². The number of hydrogen-bond donors (Lipinski definition) is 1. The van der Waals surface area contributed by atoms with Gasteiger partial charge in [0.15, 0.2) is 0 Å². The fraction of sp³-hybridized carbons (Fsp3) is 0.714. The molecule has 2 unspecified atom stereocenters. The molecule has 1 N–H and O–H groups in total. The molecular weight excluding hydrogens is 242 g/mol. The lowest BCUT2D eigenvalue weighted by Crippen LogP contribution is -2.10. The first-order valence-corrected chi connectivity index (χ1v) is 8.14. The minimum absolute atomic E-state index is 0.591. The molecule has 18 heavy (non-hydrogen) atoms. The van der Waals surface area contributed by atoms with Gasteiger partial charge in [-0.05, 0) is 32.1 Å². The van der Waals surface area contributed by atoms with Gasteiger partial charge in [-0.2, -0.15) is 11.8 Å². The summed E-state index contributed by atoms with van der Waals surface area (Å²) in [6.45, 7) is 5.41. The van der Waals surface area contributed by atoms with Crippen molar-refractivity contribution in [2.75, 3.05) is 11.9 Å². The fourth-order valence-corrected chi connectivity index (χ4v) is 4.05. The lowest BCUT2D eigenvalue weighted by Gasteiger charge is -2.14. The molecule has 3 rings (SSSR count). The summed E-state index contributed by atoms with van der Waals surface area (Å²) in [5.74, 6) is 5.75. The van der Waals surface area contributed by atoms with E-state index in [-0.39, 0.29) is 0 Å². The molecule has 1 aromatic rings. The molecule has 2 atom stereocenters.